The Morgan fingerprint density at radius 1 is 1.33 bits per heavy atom. The SMILES string of the molecule is CC(C)[C@H]1C=Cc2c(cn(C)c2C(=O)Nc2ccc(F)c(F)c2)S(=N)(=O)N1. The van der Waals surface area contributed by atoms with Crippen LogP contribution < -0.4 is 10.0 Å². The van der Waals surface area contributed by atoms with Crippen molar-refractivity contribution < 1.29 is 17.8 Å². The standard InChI is InChI=1S/C18H20F2N4O2S/c1-10(2)15-7-5-12-16(27(21,26)23-15)9-24(3)17(12)18(25)22-11-4-6-13(19)14(20)8-11/h4-10,15H,1-3H3,(H,22,25)(H2,21,23,26)/t15-,27?/m1/s1. The molecule has 3 rings (SSSR count). The van der Waals surface area contributed by atoms with Crippen LogP contribution in [0.3, 0.4) is 0 Å². The van der Waals surface area contributed by atoms with Crippen molar-refractivity contribution in [3.8, 4) is 0 Å². The van der Waals surface area contributed by atoms with E-state index in [-0.39, 0.29) is 28.2 Å². The number of hydrogen-bond acceptors (Lipinski definition) is 3. The molecule has 27 heavy (non-hydrogen) atoms. The largest absolute Gasteiger partial charge is 0.345 e. The first-order chi connectivity index (χ1) is 12.6. The number of amides is 1. The molecule has 6 nitrogen and oxygen atoms in total. The molecule has 0 bridgehead atoms. The van der Waals surface area contributed by atoms with Crippen LogP contribution in [0.1, 0.15) is 29.9 Å². The molecule has 0 radical (unpaired) electrons. The highest BCUT2D eigenvalue weighted by Crippen LogP contribution is 2.28. The molecule has 2 aromatic rings. The first-order valence-electron chi connectivity index (χ1n) is 8.30. The Hall–Kier alpha value is -2.52. The Morgan fingerprint density at radius 3 is 2.67 bits per heavy atom. The van der Waals surface area contributed by atoms with Gasteiger partial charge in [-0.15, -0.1) is 0 Å². The second kappa shape index (κ2) is 6.90. The third kappa shape index (κ3) is 3.65. The first-order valence-corrected chi connectivity index (χ1v) is 9.86. The number of nitrogens with zero attached hydrogens (tertiary/aromatic N) is 1. The quantitative estimate of drug-likeness (QED) is 0.744. The highest BCUT2D eigenvalue weighted by Gasteiger charge is 2.29. The van der Waals surface area contributed by atoms with Gasteiger partial charge in [-0.25, -0.2) is 22.5 Å². The Bertz CT molecular complexity index is 1040. The number of aryl methyl sites for hydroxylation is 1. The third-order valence-electron chi connectivity index (χ3n) is 4.38. The van der Waals surface area contributed by atoms with Crippen molar-refractivity contribution >= 4 is 27.6 Å². The fourth-order valence-corrected chi connectivity index (χ4v) is 4.55. The molecule has 1 aromatic heterocycles. The van der Waals surface area contributed by atoms with Gasteiger partial charge >= 0.3 is 0 Å². The lowest BCUT2D eigenvalue weighted by Gasteiger charge is -2.18. The summed E-state index contributed by atoms with van der Waals surface area (Å²) in [7, 11) is -1.72. The summed E-state index contributed by atoms with van der Waals surface area (Å²) in [4.78, 5) is 13.0. The number of fused-ring (bicyclic) bond motifs is 1. The molecule has 1 aliphatic rings. The van der Waals surface area contributed by atoms with Gasteiger partial charge in [0.1, 0.15) is 15.6 Å². The van der Waals surface area contributed by atoms with Crippen LogP contribution in [0.25, 0.3) is 6.08 Å². The third-order valence-corrected chi connectivity index (χ3v) is 5.93. The molecule has 0 saturated heterocycles. The summed E-state index contributed by atoms with van der Waals surface area (Å²) < 4.78 is 51.9. The highest BCUT2D eigenvalue weighted by molar-refractivity contribution is 7.90. The lowest BCUT2D eigenvalue weighted by atomic mass is 10.0. The van der Waals surface area contributed by atoms with E-state index >= 15 is 0 Å². The Balaban J connectivity index is 2.03. The van der Waals surface area contributed by atoms with Gasteiger partial charge in [-0.2, -0.15) is 0 Å². The molecule has 0 fully saturated rings. The van der Waals surface area contributed by atoms with Gasteiger partial charge < -0.3 is 9.88 Å². The fourth-order valence-electron chi connectivity index (χ4n) is 2.91. The number of anilines is 1. The zero-order valence-corrected chi connectivity index (χ0v) is 15.9. The molecule has 3 N–H and O–H groups in total. The van der Waals surface area contributed by atoms with Gasteiger partial charge in [-0.3, -0.25) is 4.79 Å². The summed E-state index contributed by atoms with van der Waals surface area (Å²) >= 11 is 0. The second-order valence-corrected chi connectivity index (χ2v) is 8.54. The van der Waals surface area contributed by atoms with Gasteiger partial charge in [0.2, 0.25) is 0 Å². The maximum atomic E-state index is 13.4. The molecule has 1 aliphatic heterocycles. The minimum atomic E-state index is -3.32. The number of hydrogen-bond donors (Lipinski definition) is 3. The average molecular weight is 394 g/mol. The minimum absolute atomic E-state index is 0.0937. The highest BCUT2D eigenvalue weighted by atomic mass is 32.2. The molecular weight excluding hydrogens is 374 g/mol. The zero-order chi connectivity index (χ0) is 19.9. The van der Waals surface area contributed by atoms with E-state index in [0.29, 0.717) is 5.56 Å². The molecule has 0 spiro atoms. The predicted molar refractivity (Wildman–Crippen MR) is 99.6 cm³/mol. The van der Waals surface area contributed by atoms with Crippen molar-refractivity contribution in [2.45, 2.75) is 24.8 Å². The minimum Gasteiger partial charge on any atom is -0.345 e. The lowest BCUT2D eigenvalue weighted by molar-refractivity contribution is 0.101. The number of nitrogens with one attached hydrogen (secondary N) is 3. The molecular formula is C18H20F2N4O2S. The Morgan fingerprint density at radius 2 is 2.04 bits per heavy atom. The number of carbonyl (C=O) groups excluding carboxylic acids is 1. The summed E-state index contributed by atoms with van der Waals surface area (Å²) in [5.41, 5.74) is 0.640. The molecule has 2 atom stereocenters. The van der Waals surface area contributed by atoms with Crippen molar-refractivity contribution in [2.24, 2.45) is 13.0 Å². The monoisotopic (exact) mass is 394 g/mol. The molecule has 0 saturated carbocycles. The first kappa shape index (κ1) is 19.2. The summed E-state index contributed by atoms with van der Waals surface area (Å²) in [6.45, 7) is 3.87. The van der Waals surface area contributed by atoms with Crippen LogP contribution in [0.15, 0.2) is 35.4 Å². The fraction of sp³-hybridized carbons (Fsp3) is 0.278. The summed E-state index contributed by atoms with van der Waals surface area (Å²) in [5, 5.41) is 2.51. The van der Waals surface area contributed by atoms with Gasteiger partial charge in [-0.1, -0.05) is 26.0 Å². The van der Waals surface area contributed by atoms with Gasteiger partial charge in [0.15, 0.2) is 11.6 Å². The van der Waals surface area contributed by atoms with Crippen LogP contribution in [0, 0.1) is 22.3 Å². The van der Waals surface area contributed by atoms with E-state index in [1.165, 1.54) is 16.8 Å². The van der Waals surface area contributed by atoms with Crippen molar-refractivity contribution in [2.75, 3.05) is 5.32 Å². The smallest absolute Gasteiger partial charge is 0.272 e. The van der Waals surface area contributed by atoms with E-state index in [2.05, 4.69) is 10.0 Å². The van der Waals surface area contributed by atoms with Crippen LogP contribution in [0.5, 0.6) is 0 Å². The molecule has 1 amide bonds. The van der Waals surface area contributed by atoms with Gasteiger partial charge in [0, 0.05) is 36.6 Å². The van der Waals surface area contributed by atoms with Crippen LogP contribution in [0.4, 0.5) is 14.5 Å². The zero-order valence-electron chi connectivity index (χ0n) is 15.0. The summed E-state index contributed by atoms with van der Waals surface area (Å²) in [6, 6.07) is 2.77. The van der Waals surface area contributed by atoms with Crippen molar-refractivity contribution in [3.63, 3.8) is 0 Å². The number of aromatic nitrogens is 1. The number of rotatable bonds is 3. The maximum absolute atomic E-state index is 13.4. The summed E-state index contributed by atoms with van der Waals surface area (Å²) in [5.74, 6) is -2.56. The van der Waals surface area contributed by atoms with Gasteiger partial charge in [-0.05, 0) is 18.1 Å². The molecule has 2 heterocycles. The normalized spacial score (nSPS) is 21.8. The second-order valence-electron chi connectivity index (χ2n) is 6.75. The van der Waals surface area contributed by atoms with E-state index in [4.69, 9.17) is 4.78 Å². The lowest BCUT2D eigenvalue weighted by Crippen LogP contribution is -2.35. The van der Waals surface area contributed by atoms with Crippen molar-refractivity contribution in [3.05, 3.63) is 53.4 Å². The molecule has 144 valence electrons. The van der Waals surface area contributed by atoms with E-state index in [0.717, 1.165) is 12.1 Å². The van der Waals surface area contributed by atoms with Gasteiger partial charge in [0.05, 0.1) is 4.90 Å². The maximum Gasteiger partial charge on any atom is 0.272 e. The van der Waals surface area contributed by atoms with Crippen LogP contribution in [-0.4, -0.2) is 20.7 Å². The van der Waals surface area contributed by atoms with Crippen molar-refractivity contribution in [1.82, 2.24) is 9.29 Å². The predicted octanol–water partition coefficient (Wildman–Crippen LogP) is 3.52. The number of benzene rings is 1. The Labute approximate surface area is 156 Å². The topological polar surface area (TPSA) is 87.0 Å². The van der Waals surface area contributed by atoms with Crippen LogP contribution in [-0.2, 0) is 17.0 Å². The average Bonchev–Trinajstić information content (AvgIpc) is 2.85. The van der Waals surface area contributed by atoms with Gasteiger partial charge in [0.25, 0.3) is 5.91 Å². The molecule has 9 heteroatoms. The van der Waals surface area contributed by atoms with E-state index in [9.17, 15) is 17.8 Å². The van der Waals surface area contributed by atoms with Crippen LogP contribution in [0.2, 0.25) is 0 Å². The van der Waals surface area contributed by atoms with E-state index in [1.807, 2.05) is 13.8 Å². The summed E-state index contributed by atoms with van der Waals surface area (Å²) in [6.07, 6.45) is 4.93. The Kier molecular flexibility index (Phi) is 4.92. The molecule has 0 aliphatic carbocycles. The van der Waals surface area contributed by atoms with E-state index in [1.54, 1.807) is 19.2 Å². The van der Waals surface area contributed by atoms with Crippen molar-refractivity contribution in [1.29, 1.82) is 4.78 Å². The number of carbonyl (C=O) groups is 1. The van der Waals surface area contributed by atoms with Crippen LogP contribution >= 0.6 is 0 Å². The molecule has 1 aromatic carbocycles. The molecule has 1 unspecified atom stereocenters. The van der Waals surface area contributed by atoms with E-state index < -0.39 is 27.5 Å². The number of halogens is 2.